The number of benzene rings is 2. The Morgan fingerprint density at radius 3 is 2.19 bits per heavy atom. The first-order valence-electron chi connectivity index (χ1n) is 9.75. The lowest BCUT2D eigenvalue weighted by Crippen LogP contribution is -2.49. The van der Waals surface area contributed by atoms with Crippen molar-refractivity contribution in [2.75, 3.05) is 19.7 Å². The summed E-state index contributed by atoms with van der Waals surface area (Å²) in [4.78, 5) is 37.3. The van der Waals surface area contributed by atoms with Gasteiger partial charge in [0.1, 0.15) is 19.3 Å². The molecule has 9 heteroatoms. The van der Waals surface area contributed by atoms with Gasteiger partial charge in [-0.2, -0.15) is 0 Å². The number of nitrogens with one attached hydrogen (secondary N) is 1. The van der Waals surface area contributed by atoms with Crippen molar-refractivity contribution in [2.45, 2.75) is 25.0 Å². The summed E-state index contributed by atoms with van der Waals surface area (Å²) in [5.74, 6) is -1.61. The molecule has 2 unspecified atom stereocenters. The fourth-order valence-electron chi connectivity index (χ4n) is 3.46. The molecule has 2 N–H and O–H groups in total. The summed E-state index contributed by atoms with van der Waals surface area (Å²) in [5.41, 5.74) is 1.60. The molecular formula is C22H22Cl2N2O5. The van der Waals surface area contributed by atoms with Crippen LogP contribution in [0.15, 0.2) is 48.5 Å². The predicted molar refractivity (Wildman–Crippen MR) is 116 cm³/mol. The van der Waals surface area contributed by atoms with Crippen LogP contribution in [-0.2, 0) is 19.1 Å². The Labute approximate surface area is 189 Å². The van der Waals surface area contributed by atoms with Gasteiger partial charge in [0, 0.05) is 23.0 Å². The Bertz CT molecular complexity index is 934. The normalized spacial score (nSPS) is 18.6. The lowest BCUT2D eigenvalue weighted by Gasteiger charge is -2.41. The Balaban J connectivity index is 1.84. The van der Waals surface area contributed by atoms with Crippen molar-refractivity contribution in [3.63, 3.8) is 0 Å². The summed E-state index contributed by atoms with van der Waals surface area (Å²) in [6.07, 6.45) is -0.231. The van der Waals surface area contributed by atoms with Crippen molar-refractivity contribution in [1.82, 2.24) is 10.2 Å². The third-order valence-corrected chi connectivity index (χ3v) is 5.45. The number of hydrogen-bond acceptors (Lipinski definition) is 4. The molecule has 1 aliphatic heterocycles. The molecule has 31 heavy (non-hydrogen) atoms. The number of aliphatic carboxylic acids is 1. The van der Waals surface area contributed by atoms with Crippen LogP contribution in [0.3, 0.4) is 0 Å². The highest BCUT2D eigenvalue weighted by Crippen LogP contribution is 2.40. The molecule has 1 heterocycles. The second-order valence-electron chi connectivity index (χ2n) is 7.15. The predicted octanol–water partition coefficient (Wildman–Crippen LogP) is 3.62. The third-order valence-electron chi connectivity index (χ3n) is 4.94. The molecule has 2 aromatic carbocycles. The SMILES string of the molecule is O=C(O)CCCNC(=O)CN1C(=O)COC(c2ccc(Cl)cc2)C1c1ccc(Cl)cc1. The number of nitrogens with zero attached hydrogens (tertiary/aromatic N) is 1. The number of morpholine rings is 1. The number of carbonyl (C=O) groups is 3. The number of rotatable bonds is 8. The van der Waals surface area contributed by atoms with Crippen molar-refractivity contribution >= 4 is 41.0 Å². The molecule has 2 atom stereocenters. The van der Waals surface area contributed by atoms with E-state index < -0.39 is 18.1 Å². The first-order chi connectivity index (χ1) is 14.8. The molecule has 1 fully saturated rings. The maximum absolute atomic E-state index is 12.7. The lowest BCUT2D eigenvalue weighted by molar-refractivity contribution is -0.160. The number of carboxylic acids is 1. The van der Waals surface area contributed by atoms with Crippen LogP contribution in [0, 0.1) is 0 Å². The Morgan fingerprint density at radius 2 is 1.61 bits per heavy atom. The Morgan fingerprint density at radius 1 is 1.03 bits per heavy atom. The van der Waals surface area contributed by atoms with E-state index in [1.165, 1.54) is 4.90 Å². The van der Waals surface area contributed by atoms with Gasteiger partial charge in [-0.05, 0) is 41.8 Å². The van der Waals surface area contributed by atoms with Gasteiger partial charge in [-0.1, -0.05) is 47.5 Å². The van der Waals surface area contributed by atoms with Crippen LogP contribution in [0.25, 0.3) is 0 Å². The minimum atomic E-state index is -0.925. The van der Waals surface area contributed by atoms with E-state index in [0.717, 1.165) is 11.1 Å². The van der Waals surface area contributed by atoms with Gasteiger partial charge >= 0.3 is 5.97 Å². The highest BCUT2D eigenvalue weighted by molar-refractivity contribution is 6.30. The van der Waals surface area contributed by atoms with Crippen molar-refractivity contribution < 1.29 is 24.2 Å². The van der Waals surface area contributed by atoms with Gasteiger partial charge in [-0.3, -0.25) is 14.4 Å². The molecule has 1 saturated heterocycles. The van der Waals surface area contributed by atoms with Crippen LogP contribution < -0.4 is 5.32 Å². The zero-order valence-electron chi connectivity index (χ0n) is 16.6. The van der Waals surface area contributed by atoms with E-state index in [1.807, 2.05) is 12.1 Å². The molecule has 0 aliphatic carbocycles. The maximum atomic E-state index is 12.7. The standard InChI is InChI=1S/C22H22Cl2N2O5/c23-16-7-3-14(4-8-16)21-22(15-5-9-17(24)10-6-15)31-13-19(28)26(21)12-18(27)25-11-1-2-20(29)30/h3-10,21-22H,1-2,11-13H2,(H,25,27)(H,29,30). The largest absolute Gasteiger partial charge is 0.481 e. The average Bonchev–Trinajstić information content (AvgIpc) is 2.74. The van der Waals surface area contributed by atoms with E-state index in [2.05, 4.69) is 5.32 Å². The van der Waals surface area contributed by atoms with Crippen molar-refractivity contribution in [3.05, 3.63) is 69.7 Å². The topological polar surface area (TPSA) is 95.9 Å². The van der Waals surface area contributed by atoms with Crippen molar-refractivity contribution in [3.8, 4) is 0 Å². The van der Waals surface area contributed by atoms with Crippen LogP contribution in [0.1, 0.15) is 36.1 Å². The van der Waals surface area contributed by atoms with Gasteiger partial charge in [-0.15, -0.1) is 0 Å². The van der Waals surface area contributed by atoms with Gasteiger partial charge in [0.15, 0.2) is 0 Å². The highest BCUT2D eigenvalue weighted by Gasteiger charge is 2.39. The molecule has 0 aromatic heterocycles. The number of halogens is 2. The van der Waals surface area contributed by atoms with Gasteiger partial charge in [0.2, 0.25) is 11.8 Å². The summed E-state index contributed by atoms with van der Waals surface area (Å²) in [6.45, 7) is -0.119. The fraction of sp³-hybridized carbons (Fsp3) is 0.318. The monoisotopic (exact) mass is 464 g/mol. The molecule has 0 bridgehead atoms. The van der Waals surface area contributed by atoms with Gasteiger partial charge in [-0.25, -0.2) is 0 Å². The Kier molecular flexibility index (Phi) is 7.90. The minimum Gasteiger partial charge on any atom is -0.481 e. The van der Waals surface area contributed by atoms with Crippen LogP contribution in [0.5, 0.6) is 0 Å². The molecule has 7 nitrogen and oxygen atoms in total. The molecule has 164 valence electrons. The van der Waals surface area contributed by atoms with E-state index in [4.69, 9.17) is 33.0 Å². The van der Waals surface area contributed by atoms with Crippen molar-refractivity contribution in [1.29, 1.82) is 0 Å². The lowest BCUT2D eigenvalue weighted by atomic mass is 9.92. The molecule has 2 amide bonds. The molecule has 0 saturated carbocycles. The summed E-state index contributed by atoms with van der Waals surface area (Å²) in [6, 6.07) is 13.6. The van der Waals surface area contributed by atoms with Crippen LogP contribution in [0.4, 0.5) is 0 Å². The molecule has 2 aromatic rings. The molecular weight excluding hydrogens is 443 g/mol. The Hall–Kier alpha value is -2.61. The summed E-state index contributed by atoms with van der Waals surface area (Å²) in [7, 11) is 0. The zero-order valence-corrected chi connectivity index (χ0v) is 18.1. The maximum Gasteiger partial charge on any atom is 0.303 e. The van der Waals surface area contributed by atoms with Crippen molar-refractivity contribution in [2.24, 2.45) is 0 Å². The van der Waals surface area contributed by atoms with E-state index in [-0.39, 0.29) is 37.9 Å². The quantitative estimate of drug-likeness (QED) is 0.581. The minimum absolute atomic E-state index is 0.0389. The summed E-state index contributed by atoms with van der Waals surface area (Å²) in [5, 5.41) is 12.5. The first-order valence-corrected chi connectivity index (χ1v) is 10.5. The van der Waals surface area contributed by atoms with Crippen LogP contribution in [-0.4, -0.2) is 47.5 Å². The number of carbonyl (C=O) groups excluding carboxylic acids is 2. The van der Waals surface area contributed by atoms with E-state index in [0.29, 0.717) is 16.5 Å². The summed E-state index contributed by atoms with van der Waals surface area (Å²) >= 11 is 12.0. The van der Waals surface area contributed by atoms with Gasteiger partial charge in [0.25, 0.3) is 0 Å². The van der Waals surface area contributed by atoms with Crippen LogP contribution >= 0.6 is 23.2 Å². The van der Waals surface area contributed by atoms with Gasteiger partial charge in [0.05, 0.1) is 6.04 Å². The van der Waals surface area contributed by atoms with E-state index in [1.54, 1.807) is 36.4 Å². The van der Waals surface area contributed by atoms with E-state index >= 15 is 0 Å². The number of hydrogen-bond donors (Lipinski definition) is 2. The van der Waals surface area contributed by atoms with E-state index in [9.17, 15) is 14.4 Å². The van der Waals surface area contributed by atoms with Gasteiger partial charge < -0.3 is 20.1 Å². The first kappa shape index (κ1) is 23.1. The molecule has 0 spiro atoms. The number of ether oxygens (including phenoxy) is 1. The summed E-state index contributed by atoms with van der Waals surface area (Å²) < 4.78 is 5.89. The molecule has 3 rings (SSSR count). The number of carboxylic acid groups (broad SMARTS) is 1. The fourth-order valence-corrected chi connectivity index (χ4v) is 3.72. The molecule has 0 radical (unpaired) electrons. The highest BCUT2D eigenvalue weighted by atomic mass is 35.5. The third kappa shape index (κ3) is 6.19. The zero-order chi connectivity index (χ0) is 22.4. The average molecular weight is 465 g/mol. The smallest absolute Gasteiger partial charge is 0.303 e. The second-order valence-corrected chi connectivity index (χ2v) is 8.02. The molecule has 1 aliphatic rings. The van der Waals surface area contributed by atoms with Crippen LogP contribution in [0.2, 0.25) is 10.0 Å². The second kappa shape index (κ2) is 10.6. The number of amides is 2.